The lowest BCUT2D eigenvalue weighted by Crippen LogP contribution is -2.49. The first-order valence-corrected chi connectivity index (χ1v) is 6.36. The Bertz CT molecular complexity index is 372. The Morgan fingerprint density at radius 2 is 1.94 bits per heavy atom. The third kappa shape index (κ3) is 2.22. The number of hydrogen-bond donors (Lipinski definition) is 0. The van der Waals surface area contributed by atoms with Gasteiger partial charge in [-0.05, 0) is 24.7 Å². The molecule has 0 N–H and O–H groups in total. The van der Waals surface area contributed by atoms with Crippen molar-refractivity contribution in [2.75, 3.05) is 12.4 Å². The largest absolute Gasteiger partial charge is 0.471 e. The van der Waals surface area contributed by atoms with E-state index in [-0.39, 0.29) is 24.3 Å². The van der Waals surface area contributed by atoms with Crippen LogP contribution in [0.2, 0.25) is 0 Å². The third-order valence-electron chi connectivity index (χ3n) is 3.86. The summed E-state index contributed by atoms with van der Waals surface area (Å²) in [7, 11) is 0. The lowest BCUT2D eigenvalue weighted by Gasteiger charge is -2.26. The number of carbonyl (C=O) groups excluding carboxylic acids is 2. The molecule has 3 atom stereocenters. The fraction of sp³-hybridized carbons (Fsp3) is 0.818. The summed E-state index contributed by atoms with van der Waals surface area (Å²) < 4.78 is 37.4. The molecule has 2 fully saturated rings. The minimum Gasteiger partial charge on any atom is -0.324 e. The normalized spacial score (nSPS) is 31.6. The molecule has 0 radical (unpaired) electrons. The van der Waals surface area contributed by atoms with E-state index in [0.29, 0.717) is 11.3 Å². The van der Waals surface area contributed by atoms with Gasteiger partial charge in [0.1, 0.15) is 0 Å². The van der Waals surface area contributed by atoms with E-state index in [0.717, 1.165) is 12.8 Å². The lowest BCUT2D eigenvalue weighted by atomic mass is 9.92. The van der Waals surface area contributed by atoms with Crippen molar-refractivity contribution in [2.45, 2.75) is 31.5 Å². The zero-order valence-electron chi connectivity index (χ0n) is 9.54. The van der Waals surface area contributed by atoms with Gasteiger partial charge in [0, 0.05) is 6.54 Å². The van der Waals surface area contributed by atoms with Crippen LogP contribution >= 0.6 is 11.6 Å². The summed E-state index contributed by atoms with van der Waals surface area (Å²) in [6.07, 6.45) is -2.56. The maximum Gasteiger partial charge on any atom is 0.471 e. The summed E-state index contributed by atoms with van der Waals surface area (Å²) >= 11 is 5.44. The maximum absolute atomic E-state index is 12.5. The van der Waals surface area contributed by atoms with Gasteiger partial charge < -0.3 is 4.90 Å². The van der Waals surface area contributed by atoms with E-state index in [1.807, 2.05) is 0 Å². The van der Waals surface area contributed by atoms with Crippen molar-refractivity contribution in [2.24, 2.45) is 11.8 Å². The van der Waals surface area contributed by atoms with Crippen molar-refractivity contribution >= 4 is 23.3 Å². The van der Waals surface area contributed by atoms with Gasteiger partial charge in [0.15, 0.2) is 5.78 Å². The number of carbonyl (C=O) groups is 2. The number of nitrogens with zero attached hydrogens (tertiary/aromatic N) is 1. The molecule has 0 aromatic carbocycles. The van der Waals surface area contributed by atoms with Gasteiger partial charge in [0.05, 0.1) is 11.9 Å². The van der Waals surface area contributed by atoms with E-state index in [2.05, 4.69) is 0 Å². The highest BCUT2D eigenvalue weighted by molar-refractivity contribution is 6.28. The van der Waals surface area contributed by atoms with Crippen LogP contribution in [-0.2, 0) is 9.59 Å². The molecule has 2 rings (SSSR count). The smallest absolute Gasteiger partial charge is 0.324 e. The highest BCUT2D eigenvalue weighted by atomic mass is 35.5. The lowest BCUT2D eigenvalue weighted by molar-refractivity contribution is -0.187. The summed E-state index contributed by atoms with van der Waals surface area (Å²) in [5.41, 5.74) is 0. The zero-order valence-corrected chi connectivity index (χ0v) is 10.3. The van der Waals surface area contributed by atoms with Crippen LogP contribution in [0.4, 0.5) is 13.2 Å². The van der Waals surface area contributed by atoms with Crippen LogP contribution in [0.5, 0.6) is 0 Å². The van der Waals surface area contributed by atoms with Gasteiger partial charge >= 0.3 is 12.1 Å². The van der Waals surface area contributed by atoms with Gasteiger partial charge in [-0.1, -0.05) is 6.42 Å². The van der Waals surface area contributed by atoms with Crippen LogP contribution in [0, 0.1) is 11.8 Å². The molecule has 0 aromatic rings. The Morgan fingerprint density at radius 3 is 2.50 bits per heavy atom. The Kier molecular flexibility index (Phi) is 3.58. The van der Waals surface area contributed by atoms with E-state index >= 15 is 0 Å². The third-order valence-corrected chi connectivity index (χ3v) is 4.12. The first-order chi connectivity index (χ1) is 8.36. The Hall–Kier alpha value is -0.780. The van der Waals surface area contributed by atoms with Crippen molar-refractivity contribution in [1.29, 1.82) is 0 Å². The van der Waals surface area contributed by atoms with E-state index in [1.54, 1.807) is 0 Å². The predicted molar refractivity (Wildman–Crippen MR) is 58.1 cm³/mol. The monoisotopic (exact) mass is 283 g/mol. The van der Waals surface area contributed by atoms with E-state index in [9.17, 15) is 22.8 Å². The molecule has 18 heavy (non-hydrogen) atoms. The van der Waals surface area contributed by atoms with Crippen LogP contribution in [0.1, 0.15) is 19.3 Å². The highest BCUT2D eigenvalue weighted by Gasteiger charge is 2.54. The SMILES string of the molecule is O=C(CCl)C1C2CCCC2CN1C(=O)C(F)(F)F. The molecule has 0 bridgehead atoms. The van der Waals surface area contributed by atoms with Gasteiger partial charge in [0.25, 0.3) is 0 Å². The molecule has 1 aliphatic heterocycles. The van der Waals surface area contributed by atoms with Crippen molar-refractivity contribution in [3.8, 4) is 0 Å². The average molecular weight is 284 g/mol. The molecule has 7 heteroatoms. The zero-order chi connectivity index (χ0) is 13.5. The van der Waals surface area contributed by atoms with E-state index < -0.39 is 23.9 Å². The maximum atomic E-state index is 12.5. The minimum atomic E-state index is -4.93. The van der Waals surface area contributed by atoms with Crippen molar-refractivity contribution in [3.63, 3.8) is 0 Å². The molecule has 1 heterocycles. The Morgan fingerprint density at radius 1 is 1.28 bits per heavy atom. The number of fused-ring (bicyclic) bond motifs is 1. The first-order valence-electron chi connectivity index (χ1n) is 5.82. The van der Waals surface area contributed by atoms with Crippen LogP contribution in [-0.4, -0.2) is 41.2 Å². The number of halogens is 4. The van der Waals surface area contributed by atoms with Gasteiger partial charge in [-0.2, -0.15) is 13.2 Å². The summed E-state index contributed by atoms with van der Waals surface area (Å²) in [4.78, 5) is 23.7. The number of hydrogen-bond acceptors (Lipinski definition) is 2. The van der Waals surface area contributed by atoms with Gasteiger partial charge in [-0.25, -0.2) is 0 Å². The van der Waals surface area contributed by atoms with Crippen molar-refractivity contribution < 1.29 is 22.8 Å². The number of Topliss-reactive ketones (excluding diaryl/α,β-unsaturated/α-hetero) is 1. The second kappa shape index (κ2) is 4.72. The molecule has 1 saturated carbocycles. The minimum absolute atomic E-state index is 0.00784. The van der Waals surface area contributed by atoms with E-state index in [4.69, 9.17) is 11.6 Å². The summed E-state index contributed by atoms with van der Waals surface area (Å²) in [5.74, 6) is -2.89. The van der Waals surface area contributed by atoms with Gasteiger partial charge in [-0.15, -0.1) is 11.6 Å². The quantitative estimate of drug-likeness (QED) is 0.727. The van der Waals surface area contributed by atoms with Crippen LogP contribution in [0.3, 0.4) is 0 Å². The topological polar surface area (TPSA) is 37.4 Å². The molecule has 1 aliphatic carbocycles. The number of likely N-dealkylation sites (tertiary alicyclic amines) is 1. The van der Waals surface area contributed by atoms with Crippen molar-refractivity contribution in [3.05, 3.63) is 0 Å². The fourth-order valence-electron chi connectivity index (χ4n) is 3.17. The van der Waals surface area contributed by atoms with Crippen LogP contribution < -0.4 is 0 Å². The molecule has 1 saturated heterocycles. The van der Waals surface area contributed by atoms with Gasteiger partial charge in [-0.3, -0.25) is 9.59 Å². The molecule has 3 nitrogen and oxygen atoms in total. The standard InChI is InChI=1S/C11H13ClF3NO2/c12-4-8(17)9-7-3-1-2-6(7)5-16(9)10(18)11(13,14)15/h6-7,9H,1-5H2. The molecular weight excluding hydrogens is 271 g/mol. The van der Waals surface area contributed by atoms with Crippen LogP contribution in [0.15, 0.2) is 0 Å². The number of rotatable bonds is 2. The second-order valence-electron chi connectivity index (χ2n) is 4.85. The summed E-state index contributed by atoms with van der Waals surface area (Å²) in [6, 6.07) is -0.982. The number of ketones is 1. The molecular formula is C11H13ClF3NO2. The average Bonchev–Trinajstić information content (AvgIpc) is 2.84. The highest BCUT2D eigenvalue weighted by Crippen LogP contribution is 2.43. The molecule has 2 aliphatic rings. The Balaban J connectivity index is 2.24. The number of amides is 1. The fourth-order valence-corrected chi connectivity index (χ4v) is 3.33. The first kappa shape index (κ1) is 13.6. The molecule has 3 unspecified atom stereocenters. The van der Waals surface area contributed by atoms with Crippen molar-refractivity contribution in [1.82, 2.24) is 4.90 Å². The van der Waals surface area contributed by atoms with Crippen LogP contribution in [0.25, 0.3) is 0 Å². The summed E-state index contributed by atoms with van der Waals surface area (Å²) in [5, 5.41) is 0. The molecule has 102 valence electrons. The number of alkyl halides is 4. The van der Waals surface area contributed by atoms with E-state index in [1.165, 1.54) is 0 Å². The molecule has 0 spiro atoms. The predicted octanol–water partition coefficient (Wildman–Crippen LogP) is 1.98. The Labute approximate surface area is 107 Å². The summed E-state index contributed by atoms with van der Waals surface area (Å²) in [6.45, 7) is 0.0241. The molecule has 0 aromatic heterocycles. The molecule has 1 amide bonds. The van der Waals surface area contributed by atoms with Gasteiger partial charge in [0.2, 0.25) is 0 Å². The second-order valence-corrected chi connectivity index (χ2v) is 5.12.